The van der Waals surface area contributed by atoms with Gasteiger partial charge in [0.05, 0.1) is 0 Å². The monoisotopic (exact) mass is 312 g/mol. The molecule has 0 aromatic heterocycles. The largest absolute Gasteiger partial charge is 0.309 e. The molecule has 0 atom stereocenters. The molecular formula is C19H20FNS. The van der Waals surface area contributed by atoms with Crippen LogP contribution >= 0.6 is 11.8 Å². The van der Waals surface area contributed by atoms with Crippen molar-refractivity contribution in [2.45, 2.75) is 17.1 Å². The smallest absolute Gasteiger partial charge is 0.123 e. The number of nitrogens with zero attached hydrogens (tertiary/aromatic N) is 1. The summed E-state index contributed by atoms with van der Waals surface area (Å²) in [4.78, 5) is 3.44. The Bertz CT molecular complexity index is 706. The van der Waals surface area contributed by atoms with Crippen molar-refractivity contribution >= 4 is 17.3 Å². The number of rotatable bonds is 3. The van der Waals surface area contributed by atoms with Crippen LogP contribution in [0.2, 0.25) is 0 Å². The number of halogens is 1. The fraction of sp³-hybridized carbons (Fsp3) is 0.263. The highest BCUT2D eigenvalue weighted by Crippen LogP contribution is 2.40. The quantitative estimate of drug-likeness (QED) is 0.800. The van der Waals surface area contributed by atoms with Crippen molar-refractivity contribution in [2.24, 2.45) is 0 Å². The molecule has 0 amide bonds. The van der Waals surface area contributed by atoms with E-state index in [1.807, 2.05) is 17.8 Å². The predicted octanol–water partition coefficient (Wildman–Crippen LogP) is 4.81. The minimum absolute atomic E-state index is 0.165. The first-order valence-corrected chi connectivity index (χ1v) is 8.49. The van der Waals surface area contributed by atoms with E-state index in [4.69, 9.17) is 0 Å². The van der Waals surface area contributed by atoms with Gasteiger partial charge in [-0.25, -0.2) is 4.39 Å². The van der Waals surface area contributed by atoms with Gasteiger partial charge in [-0.05, 0) is 61.0 Å². The lowest BCUT2D eigenvalue weighted by Gasteiger charge is -2.13. The van der Waals surface area contributed by atoms with Crippen LogP contribution < -0.4 is 0 Å². The van der Waals surface area contributed by atoms with Gasteiger partial charge in [-0.3, -0.25) is 0 Å². The van der Waals surface area contributed by atoms with Gasteiger partial charge in [0.2, 0.25) is 0 Å². The van der Waals surface area contributed by atoms with Gasteiger partial charge in [-0.1, -0.05) is 30.3 Å². The SMILES string of the molecule is CN(C)CCC=C1c2cc([18F])ccc2CSc2ccccc21. The van der Waals surface area contributed by atoms with Crippen LogP contribution in [-0.2, 0) is 5.75 Å². The summed E-state index contributed by atoms with van der Waals surface area (Å²) >= 11 is 1.83. The van der Waals surface area contributed by atoms with Crippen molar-refractivity contribution < 1.29 is 4.39 Å². The molecule has 0 saturated heterocycles. The minimum atomic E-state index is -0.165. The van der Waals surface area contributed by atoms with Gasteiger partial charge < -0.3 is 4.90 Å². The van der Waals surface area contributed by atoms with E-state index in [0.717, 1.165) is 29.9 Å². The van der Waals surface area contributed by atoms with Gasteiger partial charge in [0, 0.05) is 17.2 Å². The molecule has 0 bridgehead atoms. The summed E-state index contributed by atoms with van der Waals surface area (Å²) in [6, 6.07) is 13.6. The van der Waals surface area contributed by atoms with E-state index in [1.54, 1.807) is 12.1 Å². The van der Waals surface area contributed by atoms with Crippen molar-refractivity contribution in [3.63, 3.8) is 0 Å². The number of benzene rings is 2. The summed E-state index contributed by atoms with van der Waals surface area (Å²) in [5.41, 5.74) is 4.63. The zero-order valence-corrected chi connectivity index (χ0v) is 13.8. The molecule has 3 rings (SSSR count). The molecule has 2 aromatic rings. The average Bonchev–Trinajstić information content (AvgIpc) is 2.65. The number of hydrogen-bond acceptors (Lipinski definition) is 2. The lowest BCUT2D eigenvalue weighted by atomic mass is 9.93. The van der Waals surface area contributed by atoms with Crippen LogP contribution in [0.15, 0.2) is 53.4 Å². The van der Waals surface area contributed by atoms with Gasteiger partial charge in [0.15, 0.2) is 0 Å². The van der Waals surface area contributed by atoms with Crippen molar-refractivity contribution in [2.75, 3.05) is 20.6 Å². The standard InChI is InChI=1S/C19H20FNS/c1-21(2)11-5-7-16-17-6-3-4-8-19(17)22-13-14-9-10-15(20)12-18(14)16/h3-4,6-10,12H,5,11,13H2,1-2H3/i20-1. The Morgan fingerprint density at radius 1 is 1.14 bits per heavy atom. The Balaban J connectivity index is 2.10. The van der Waals surface area contributed by atoms with Crippen LogP contribution in [0.4, 0.5) is 4.39 Å². The van der Waals surface area contributed by atoms with E-state index in [2.05, 4.69) is 49.3 Å². The third-order valence-corrected chi connectivity index (χ3v) is 4.97. The maximum absolute atomic E-state index is 13.8. The van der Waals surface area contributed by atoms with E-state index >= 15 is 0 Å². The summed E-state index contributed by atoms with van der Waals surface area (Å²) in [7, 11) is 4.14. The van der Waals surface area contributed by atoms with Crippen molar-refractivity contribution in [1.82, 2.24) is 4.90 Å². The van der Waals surface area contributed by atoms with Crippen molar-refractivity contribution in [1.29, 1.82) is 0 Å². The number of hydrogen-bond donors (Lipinski definition) is 0. The molecule has 0 radical (unpaired) electrons. The summed E-state index contributed by atoms with van der Waals surface area (Å²) in [5, 5.41) is 0. The van der Waals surface area contributed by atoms with Crippen LogP contribution in [0.25, 0.3) is 5.57 Å². The highest BCUT2D eigenvalue weighted by atomic mass is 32.2. The molecule has 0 fully saturated rings. The van der Waals surface area contributed by atoms with Crippen LogP contribution in [0, 0.1) is 5.82 Å². The van der Waals surface area contributed by atoms with Crippen LogP contribution in [0.1, 0.15) is 23.1 Å². The Morgan fingerprint density at radius 2 is 1.95 bits per heavy atom. The molecule has 22 heavy (non-hydrogen) atoms. The predicted molar refractivity (Wildman–Crippen MR) is 92.7 cm³/mol. The maximum atomic E-state index is 13.8. The fourth-order valence-corrected chi connectivity index (χ4v) is 3.80. The molecular weight excluding hydrogens is 292 g/mol. The molecule has 0 N–H and O–H groups in total. The Morgan fingerprint density at radius 3 is 2.77 bits per heavy atom. The third-order valence-electron chi connectivity index (χ3n) is 3.85. The maximum Gasteiger partial charge on any atom is 0.123 e. The van der Waals surface area contributed by atoms with Gasteiger partial charge in [0.1, 0.15) is 5.82 Å². The molecule has 114 valence electrons. The van der Waals surface area contributed by atoms with Gasteiger partial charge >= 0.3 is 0 Å². The summed E-state index contributed by atoms with van der Waals surface area (Å²) < 4.78 is 13.8. The lowest BCUT2D eigenvalue weighted by Crippen LogP contribution is -2.12. The van der Waals surface area contributed by atoms with E-state index in [9.17, 15) is 4.39 Å². The Hall–Kier alpha value is -1.58. The van der Waals surface area contributed by atoms with E-state index in [0.29, 0.717) is 0 Å². The van der Waals surface area contributed by atoms with Crippen LogP contribution in [0.3, 0.4) is 0 Å². The average molecular weight is 312 g/mol. The molecule has 1 heterocycles. The first-order chi connectivity index (χ1) is 10.6. The second kappa shape index (κ2) is 6.67. The number of thioether (sulfide) groups is 1. The van der Waals surface area contributed by atoms with E-state index < -0.39 is 0 Å². The first kappa shape index (κ1) is 15.3. The van der Waals surface area contributed by atoms with E-state index in [-0.39, 0.29) is 5.82 Å². The summed E-state index contributed by atoms with van der Waals surface area (Å²) in [5.74, 6) is 0.721. The van der Waals surface area contributed by atoms with Gasteiger partial charge in [-0.2, -0.15) is 0 Å². The van der Waals surface area contributed by atoms with E-state index in [1.165, 1.54) is 16.0 Å². The first-order valence-electron chi connectivity index (χ1n) is 7.51. The molecule has 3 heteroatoms. The second-order valence-corrected chi connectivity index (χ2v) is 6.81. The zero-order valence-electron chi connectivity index (χ0n) is 13.0. The lowest BCUT2D eigenvalue weighted by molar-refractivity contribution is 0.417. The molecule has 0 aliphatic carbocycles. The van der Waals surface area contributed by atoms with Crippen molar-refractivity contribution in [3.8, 4) is 0 Å². The zero-order chi connectivity index (χ0) is 15.5. The topological polar surface area (TPSA) is 3.24 Å². The minimum Gasteiger partial charge on any atom is -0.309 e. The molecule has 0 spiro atoms. The second-order valence-electron chi connectivity index (χ2n) is 5.80. The third kappa shape index (κ3) is 3.26. The molecule has 1 aliphatic rings. The van der Waals surface area contributed by atoms with Crippen molar-refractivity contribution in [3.05, 3.63) is 71.0 Å². The highest BCUT2D eigenvalue weighted by Gasteiger charge is 2.18. The summed E-state index contributed by atoms with van der Waals surface area (Å²) in [6.45, 7) is 0.990. The van der Waals surface area contributed by atoms with Gasteiger partial charge in [-0.15, -0.1) is 11.8 Å². The van der Waals surface area contributed by atoms with Crippen LogP contribution in [0.5, 0.6) is 0 Å². The van der Waals surface area contributed by atoms with Crippen LogP contribution in [-0.4, -0.2) is 25.5 Å². The normalized spacial score (nSPS) is 15.5. The summed E-state index contributed by atoms with van der Waals surface area (Å²) in [6.07, 6.45) is 3.21. The Labute approximate surface area is 135 Å². The van der Waals surface area contributed by atoms with Gasteiger partial charge in [0.25, 0.3) is 0 Å². The Kier molecular flexibility index (Phi) is 4.65. The molecule has 0 unspecified atom stereocenters. The fourth-order valence-electron chi connectivity index (χ4n) is 2.73. The highest BCUT2D eigenvalue weighted by molar-refractivity contribution is 7.98. The molecule has 1 nitrogen and oxygen atoms in total. The molecule has 0 saturated carbocycles. The molecule has 1 aliphatic heterocycles. The molecule has 2 aromatic carbocycles. The number of fused-ring (bicyclic) bond motifs is 2.